The smallest absolute Gasteiger partial charge is 0.219 e. The molecule has 2 unspecified atom stereocenters. The van der Waals surface area contributed by atoms with Gasteiger partial charge in [-0.1, -0.05) is 0 Å². The molecule has 2 fully saturated rings. The van der Waals surface area contributed by atoms with Crippen LogP contribution >= 0.6 is 0 Å². The Morgan fingerprint density at radius 1 is 1.00 bits per heavy atom. The molecule has 0 aromatic rings. The van der Waals surface area contributed by atoms with Crippen LogP contribution in [0.2, 0.25) is 0 Å². The number of hydrogen-bond acceptors (Lipinski definition) is 4. The second-order valence-corrected chi connectivity index (χ2v) is 2.59. The fourth-order valence-electron chi connectivity index (χ4n) is 1.39. The second kappa shape index (κ2) is 1.87. The molecule has 1 heterocycles. The van der Waals surface area contributed by atoms with Crippen LogP contribution in [0.1, 0.15) is 0 Å². The zero-order chi connectivity index (χ0) is 7.14. The molecule has 1 saturated heterocycles. The molecular weight excluding hydrogens is 132 g/mol. The molecule has 10 heavy (non-hydrogen) atoms. The lowest BCUT2D eigenvalue weighted by atomic mass is 9.82. The van der Waals surface area contributed by atoms with Crippen LogP contribution in [-0.2, 0) is 9.59 Å². The van der Waals surface area contributed by atoms with Crippen molar-refractivity contribution < 1.29 is 9.59 Å². The SMILES string of the molecule is O=C1C(=O)C2NCCNC12. The van der Waals surface area contributed by atoms with Crippen molar-refractivity contribution in [2.75, 3.05) is 13.1 Å². The predicted molar refractivity (Wildman–Crippen MR) is 33.6 cm³/mol. The third kappa shape index (κ3) is 0.574. The fraction of sp³-hybridized carbons (Fsp3) is 0.667. The highest BCUT2D eigenvalue weighted by molar-refractivity contribution is 6.49. The summed E-state index contributed by atoms with van der Waals surface area (Å²) in [6.07, 6.45) is 0. The number of nitrogens with one attached hydrogen (secondary N) is 2. The molecule has 2 rings (SSSR count). The zero-order valence-electron chi connectivity index (χ0n) is 5.39. The van der Waals surface area contributed by atoms with Gasteiger partial charge < -0.3 is 10.6 Å². The molecular formula is C6H8N2O2. The van der Waals surface area contributed by atoms with E-state index in [0.29, 0.717) is 0 Å². The first-order valence-corrected chi connectivity index (χ1v) is 3.35. The van der Waals surface area contributed by atoms with Gasteiger partial charge in [-0.2, -0.15) is 0 Å². The van der Waals surface area contributed by atoms with Gasteiger partial charge in [0.15, 0.2) is 0 Å². The molecule has 2 atom stereocenters. The van der Waals surface area contributed by atoms with Gasteiger partial charge in [-0.05, 0) is 0 Å². The molecule has 2 N–H and O–H groups in total. The summed E-state index contributed by atoms with van der Waals surface area (Å²) in [5.41, 5.74) is 0. The number of piperazine rings is 1. The quantitative estimate of drug-likeness (QED) is 0.385. The maximum atomic E-state index is 10.7. The molecule has 0 aromatic carbocycles. The molecule has 4 nitrogen and oxygen atoms in total. The maximum absolute atomic E-state index is 10.7. The van der Waals surface area contributed by atoms with Crippen molar-refractivity contribution in [3.05, 3.63) is 0 Å². The Bertz CT molecular complexity index is 180. The first-order valence-electron chi connectivity index (χ1n) is 3.35. The maximum Gasteiger partial charge on any atom is 0.219 e. The van der Waals surface area contributed by atoms with E-state index in [1.165, 1.54) is 0 Å². The molecule has 0 spiro atoms. The minimum absolute atomic E-state index is 0.221. The van der Waals surface area contributed by atoms with Gasteiger partial charge in [-0.15, -0.1) is 0 Å². The number of rotatable bonds is 0. The van der Waals surface area contributed by atoms with Crippen LogP contribution in [0.5, 0.6) is 0 Å². The summed E-state index contributed by atoms with van der Waals surface area (Å²) in [5, 5.41) is 5.93. The summed E-state index contributed by atoms with van der Waals surface area (Å²) >= 11 is 0. The van der Waals surface area contributed by atoms with Crippen LogP contribution < -0.4 is 10.6 Å². The van der Waals surface area contributed by atoms with Gasteiger partial charge in [-0.3, -0.25) is 9.59 Å². The standard InChI is InChI=1S/C6H8N2O2/c9-5-3-4(6(5)10)8-2-1-7-3/h3-4,7-8H,1-2H2. The Morgan fingerprint density at radius 3 is 1.80 bits per heavy atom. The molecule has 0 amide bonds. The first kappa shape index (κ1) is 6.00. The van der Waals surface area contributed by atoms with Crippen molar-refractivity contribution in [3.63, 3.8) is 0 Å². The molecule has 1 saturated carbocycles. The van der Waals surface area contributed by atoms with E-state index in [0.717, 1.165) is 13.1 Å². The number of hydrogen-bond donors (Lipinski definition) is 2. The minimum Gasteiger partial charge on any atom is -0.304 e. The van der Waals surface area contributed by atoms with E-state index >= 15 is 0 Å². The van der Waals surface area contributed by atoms with E-state index in [4.69, 9.17) is 0 Å². The average Bonchev–Trinajstić information content (AvgIpc) is 2.03. The van der Waals surface area contributed by atoms with Crippen LogP contribution in [0.15, 0.2) is 0 Å². The molecule has 0 aromatic heterocycles. The highest BCUT2D eigenvalue weighted by Gasteiger charge is 2.49. The molecule has 1 aliphatic carbocycles. The molecule has 4 heteroatoms. The lowest BCUT2D eigenvalue weighted by Crippen LogP contribution is -2.73. The van der Waals surface area contributed by atoms with E-state index in [-0.39, 0.29) is 23.7 Å². The van der Waals surface area contributed by atoms with Gasteiger partial charge in [0.2, 0.25) is 11.6 Å². The summed E-state index contributed by atoms with van der Waals surface area (Å²) < 4.78 is 0. The number of fused-ring (bicyclic) bond motifs is 1. The van der Waals surface area contributed by atoms with Crippen molar-refractivity contribution in [1.82, 2.24) is 10.6 Å². The molecule has 54 valence electrons. The van der Waals surface area contributed by atoms with Crippen molar-refractivity contribution >= 4 is 11.6 Å². The van der Waals surface area contributed by atoms with E-state index in [1.54, 1.807) is 0 Å². The van der Waals surface area contributed by atoms with Crippen molar-refractivity contribution in [2.45, 2.75) is 12.1 Å². The lowest BCUT2D eigenvalue weighted by Gasteiger charge is -2.38. The van der Waals surface area contributed by atoms with Gasteiger partial charge in [0.25, 0.3) is 0 Å². The van der Waals surface area contributed by atoms with Crippen LogP contribution in [0.25, 0.3) is 0 Å². The minimum atomic E-state index is -0.266. The third-order valence-corrected chi connectivity index (χ3v) is 1.99. The second-order valence-electron chi connectivity index (χ2n) is 2.59. The predicted octanol–water partition coefficient (Wildman–Crippen LogP) is -1.93. The Hall–Kier alpha value is -0.740. The van der Waals surface area contributed by atoms with Gasteiger partial charge in [0.05, 0.1) is 12.1 Å². The fourth-order valence-corrected chi connectivity index (χ4v) is 1.39. The van der Waals surface area contributed by atoms with Gasteiger partial charge >= 0.3 is 0 Å². The van der Waals surface area contributed by atoms with Crippen molar-refractivity contribution in [2.24, 2.45) is 0 Å². The Balaban J connectivity index is 2.13. The largest absolute Gasteiger partial charge is 0.304 e. The van der Waals surface area contributed by atoms with E-state index < -0.39 is 0 Å². The number of carbonyl (C=O) groups is 2. The Kier molecular flexibility index (Phi) is 1.12. The third-order valence-electron chi connectivity index (χ3n) is 1.99. The van der Waals surface area contributed by atoms with Crippen LogP contribution in [0, 0.1) is 0 Å². The van der Waals surface area contributed by atoms with Crippen LogP contribution in [0.3, 0.4) is 0 Å². The highest BCUT2D eigenvalue weighted by Crippen LogP contribution is 2.13. The van der Waals surface area contributed by atoms with Crippen molar-refractivity contribution in [3.8, 4) is 0 Å². The highest BCUT2D eigenvalue weighted by atomic mass is 16.2. The Morgan fingerprint density at radius 2 is 1.40 bits per heavy atom. The molecule has 0 bridgehead atoms. The lowest BCUT2D eigenvalue weighted by molar-refractivity contribution is -0.148. The van der Waals surface area contributed by atoms with E-state index in [1.807, 2.05) is 0 Å². The van der Waals surface area contributed by atoms with Crippen LogP contribution in [0.4, 0.5) is 0 Å². The van der Waals surface area contributed by atoms with Crippen molar-refractivity contribution in [1.29, 1.82) is 0 Å². The number of Topliss-reactive ketones (excluding diaryl/α,β-unsaturated/α-hetero) is 2. The van der Waals surface area contributed by atoms with Crippen LogP contribution in [-0.4, -0.2) is 36.7 Å². The zero-order valence-corrected chi connectivity index (χ0v) is 5.39. The number of carbonyl (C=O) groups excluding carboxylic acids is 2. The normalized spacial score (nSPS) is 38.8. The monoisotopic (exact) mass is 140 g/mol. The van der Waals surface area contributed by atoms with Gasteiger partial charge in [0, 0.05) is 13.1 Å². The van der Waals surface area contributed by atoms with Gasteiger partial charge in [-0.25, -0.2) is 0 Å². The van der Waals surface area contributed by atoms with E-state index in [9.17, 15) is 9.59 Å². The average molecular weight is 140 g/mol. The summed E-state index contributed by atoms with van der Waals surface area (Å²) in [4.78, 5) is 21.5. The summed E-state index contributed by atoms with van der Waals surface area (Å²) in [7, 11) is 0. The molecule has 1 aliphatic heterocycles. The summed E-state index contributed by atoms with van der Waals surface area (Å²) in [5.74, 6) is -0.533. The Labute approximate surface area is 58.0 Å². The number of ketones is 2. The topological polar surface area (TPSA) is 58.2 Å². The van der Waals surface area contributed by atoms with E-state index in [2.05, 4.69) is 10.6 Å². The molecule has 2 aliphatic rings. The summed E-state index contributed by atoms with van der Waals surface area (Å²) in [6, 6.07) is -0.442. The van der Waals surface area contributed by atoms with Gasteiger partial charge in [0.1, 0.15) is 0 Å². The summed E-state index contributed by atoms with van der Waals surface area (Å²) in [6.45, 7) is 1.56. The first-order chi connectivity index (χ1) is 4.80. The molecule has 0 radical (unpaired) electrons.